The van der Waals surface area contributed by atoms with Gasteiger partial charge in [-0.3, -0.25) is 4.79 Å². The van der Waals surface area contributed by atoms with E-state index in [4.69, 9.17) is 5.11 Å². The Bertz CT molecular complexity index is 446. The van der Waals surface area contributed by atoms with Gasteiger partial charge in [-0.25, -0.2) is 0 Å². The van der Waals surface area contributed by atoms with Crippen molar-refractivity contribution in [1.82, 2.24) is 5.32 Å². The van der Waals surface area contributed by atoms with Gasteiger partial charge in [0, 0.05) is 18.4 Å². The number of benzene rings is 1. The number of aliphatic hydroxyl groups is 1. The minimum absolute atomic E-state index is 0.0907. The Kier molecular flexibility index (Phi) is 5.92. The summed E-state index contributed by atoms with van der Waals surface area (Å²) in [7, 11) is 0. The van der Waals surface area contributed by atoms with Gasteiger partial charge in [0.05, 0.1) is 5.75 Å². The number of carbonyl (C=O) groups is 1. The molecule has 0 radical (unpaired) electrons. The van der Waals surface area contributed by atoms with E-state index in [0.29, 0.717) is 18.1 Å². The molecule has 4 heteroatoms. The Morgan fingerprint density at radius 3 is 2.95 bits per heavy atom. The first kappa shape index (κ1) is 15.4. The van der Waals surface area contributed by atoms with Gasteiger partial charge in [-0.05, 0) is 37.7 Å². The molecule has 2 N–H and O–H groups in total. The molecule has 0 saturated heterocycles. The second kappa shape index (κ2) is 7.70. The van der Waals surface area contributed by atoms with E-state index < -0.39 is 0 Å². The second-order valence-electron chi connectivity index (χ2n) is 5.51. The third kappa shape index (κ3) is 5.17. The fourth-order valence-electron chi connectivity index (χ4n) is 2.38. The van der Waals surface area contributed by atoms with E-state index in [9.17, 15) is 4.79 Å². The van der Waals surface area contributed by atoms with Crippen molar-refractivity contribution >= 4 is 17.7 Å². The number of rotatable bonds is 8. The summed E-state index contributed by atoms with van der Waals surface area (Å²) in [5.74, 6) is 2.03. The van der Waals surface area contributed by atoms with Gasteiger partial charge in [-0.15, -0.1) is 11.8 Å². The SMILES string of the molecule is Cc1cccc(CSCC(=O)NC(CCO)C2CC2)c1. The smallest absolute Gasteiger partial charge is 0.230 e. The summed E-state index contributed by atoms with van der Waals surface area (Å²) in [5, 5.41) is 12.1. The van der Waals surface area contributed by atoms with Crippen LogP contribution >= 0.6 is 11.8 Å². The molecule has 2 rings (SSSR count). The molecule has 1 aliphatic carbocycles. The van der Waals surface area contributed by atoms with Crippen LogP contribution in [0.2, 0.25) is 0 Å². The lowest BCUT2D eigenvalue weighted by molar-refractivity contribution is -0.119. The third-order valence-electron chi connectivity index (χ3n) is 3.56. The van der Waals surface area contributed by atoms with Crippen LogP contribution in [0.3, 0.4) is 0 Å². The molecule has 110 valence electrons. The van der Waals surface area contributed by atoms with Gasteiger partial charge in [0.1, 0.15) is 0 Å². The number of carbonyl (C=O) groups excluding carboxylic acids is 1. The van der Waals surface area contributed by atoms with Crippen LogP contribution in [0, 0.1) is 12.8 Å². The van der Waals surface area contributed by atoms with Crippen LogP contribution in [0.4, 0.5) is 0 Å². The molecule has 3 nitrogen and oxygen atoms in total. The highest BCUT2D eigenvalue weighted by atomic mass is 32.2. The number of aliphatic hydroxyl groups excluding tert-OH is 1. The first-order valence-electron chi connectivity index (χ1n) is 7.22. The predicted octanol–water partition coefficient (Wildman–Crippen LogP) is 2.51. The third-order valence-corrected chi connectivity index (χ3v) is 4.57. The molecule has 0 aliphatic heterocycles. The van der Waals surface area contributed by atoms with Gasteiger partial charge in [-0.2, -0.15) is 0 Å². The minimum Gasteiger partial charge on any atom is -0.396 e. The van der Waals surface area contributed by atoms with Gasteiger partial charge in [-0.1, -0.05) is 29.8 Å². The zero-order valence-corrected chi connectivity index (χ0v) is 12.8. The van der Waals surface area contributed by atoms with Crippen molar-refractivity contribution in [3.8, 4) is 0 Å². The maximum absolute atomic E-state index is 11.9. The van der Waals surface area contributed by atoms with Crippen LogP contribution in [0.25, 0.3) is 0 Å². The van der Waals surface area contributed by atoms with Crippen molar-refractivity contribution in [3.63, 3.8) is 0 Å². The van der Waals surface area contributed by atoms with Crippen molar-refractivity contribution in [2.45, 2.75) is 38.0 Å². The van der Waals surface area contributed by atoms with Crippen molar-refractivity contribution in [2.24, 2.45) is 5.92 Å². The molecule has 1 aliphatic rings. The Morgan fingerprint density at radius 1 is 1.50 bits per heavy atom. The summed E-state index contributed by atoms with van der Waals surface area (Å²) in [4.78, 5) is 11.9. The minimum atomic E-state index is 0.0907. The fourth-order valence-corrected chi connectivity index (χ4v) is 3.16. The van der Waals surface area contributed by atoms with Crippen molar-refractivity contribution < 1.29 is 9.90 Å². The summed E-state index contributed by atoms with van der Waals surface area (Å²) < 4.78 is 0. The number of nitrogens with one attached hydrogen (secondary N) is 1. The molecule has 0 aromatic heterocycles. The van der Waals surface area contributed by atoms with E-state index in [1.54, 1.807) is 11.8 Å². The van der Waals surface area contributed by atoms with E-state index in [2.05, 4.69) is 36.5 Å². The topological polar surface area (TPSA) is 49.3 Å². The molecule has 1 amide bonds. The van der Waals surface area contributed by atoms with E-state index in [-0.39, 0.29) is 18.6 Å². The van der Waals surface area contributed by atoms with Crippen LogP contribution in [0.15, 0.2) is 24.3 Å². The Balaban J connectivity index is 1.69. The molecule has 1 atom stereocenters. The molecule has 0 bridgehead atoms. The number of thioether (sulfide) groups is 1. The van der Waals surface area contributed by atoms with E-state index in [1.165, 1.54) is 24.0 Å². The van der Waals surface area contributed by atoms with Gasteiger partial charge in [0.25, 0.3) is 0 Å². The highest BCUT2D eigenvalue weighted by Crippen LogP contribution is 2.33. The van der Waals surface area contributed by atoms with Crippen molar-refractivity contribution in [1.29, 1.82) is 0 Å². The predicted molar refractivity (Wildman–Crippen MR) is 83.7 cm³/mol. The maximum atomic E-state index is 11.9. The first-order chi connectivity index (χ1) is 9.69. The molecule has 1 fully saturated rings. The summed E-state index contributed by atoms with van der Waals surface area (Å²) >= 11 is 1.64. The van der Waals surface area contributed by atoms with E-state index >= 15 is 0 Å². The van der Waals surface area contributed by atoms with Crippen LogP contribution in [0.1, 0.15) is 30.4 Å². The summed E-state index contributed by atoms with van der Waals surface area (Å²) in [5.41, 5.74) is 2.51. The highest BCUT2D eigenvalue weighted by Gasteiger charge is 2.31. The zero-order valence-electron chi connectivity index (χ0n) is 12.0. The number of hydrogen-bond donors (Lipinski definition) is 2. The molecular formula is C16H23NO2S. The molecule has 0 spiro atoms. The monoisotopic (exact) mass is 293 g/mol. The van der Waals surface area contributed by atoms with Crippen LogP contribution < -0.4 is 5.32 Å². The Morgan fingerprint density at radius 2 is 2.30 bits per heavy atom. The largest absolute Gasteiger partial charge is 0.396 e. The summed E-state index contributed by atoms with van der Waals surface area (Å²) in [6.45, 7) is 2.23. The average molecular weight is 293 g/mol. The quantitative estimate of drug-likeness (QED) is 0.774. The average Bonchev–Trinajstić information content (AvgIpc) is 3.22. The first-order valence-corrected chi connectivity index (χ1v) is 8.38. The second-order valence-corrected chi connectivity index (χ2v) is 6.49. The zero-order chi connectivity index (χ0) is 14.4. The molecule has 1 saturated carbocycles. The lowest BCUT2D eigenvalue weighted by Gasteiger charge is -2.16. The number of aryl methyl sites for hydroxylation is 1. The summed E-state index contributed by atoms with van der Waals surface area (Å²) in [6, 6.07) is 8.55. The number of amides is 1. The molecule has 0 heterocycles. The van der Waals surface area contributed by atoms with Crippen LogP contribution in [0.5, 0.6) is 0 Å². The Labute approximate surface area is 125 Å². The number of hydrogen-bond acceptors (Lipinski definition) is 3. The Hall–Kier alpha value is -1.00. The van der Waals surface area contributed by atoms with E-state index in [0.717, 1.165) is 5.75 Å². The van der Waals surface area contributed by atoms with Crippen molar-refractivity contribution in [3.05, 3.63) is 35.4 Å². The highest BCUT2D eigenvalue weighted by molar-refractivity contribution is 7.99. The lowest BCUT2D eigenvalue weighted by Crippen LogP contribution is -2.38. The molecule has 20 heavy (non-hydrogen) atoms. The van der Waals surface area contributed by atoms with Crippen molar-refractivity contribution in [2.75, 3.05) is 12.4 Å². The molecule has 1 unspecified atom stereocenters. The van der Waals surface area contributed by atoms with Gasteiger partial charge in [0.2, 0.25) is 5.91 Å². The van der Waals surface area contributed by atoms with Crippen LogP contribution in [-0.4, -0.2) is 29.4 Å². The molecule has 1 aromatic rings. The van der Waals surface area contributed by atoms with Gasteiger partial charge >= 0.3 is 0 Å². The van der Waals surface area contributed by atoms with E-state index in [1.807, 2.05) is 0 Å². The van der Waals surface area contributed by atoms with Crippen LogP contribution in [-0.2, 0) is 10.5 Å². The summed E-state index contributed by atoms with van der Waals surface area (Å²) in [6.07, 6.45) is 3.04. The fraction of sp³-hybridized carbons (Fsp3) is 0.562. The standard InChI is InChI=1S/C16H23NO2S/c1-12-3-2-4-13(9-12)10-20-11-16(19)17-15(7-8-18)14-5-6-14/h2-4,9,14-15,18H,5-8,10-11H2,1H3,(H,17,19). The molecular weight excluding hydrogens is 270 g/mol. The van der Waals surface area contributed by atoms with Gasteiger partial charge < -0.3 is 10.4 Å². The maximum Gasteiger partial charge on any atom is 0.230 e. The normalized spacial score (nSPS) is 15.9. The lowest BCUT2D eigenvalue weighted by atomic mass is 10.1. The molecule has 1 aromatic carbocycles. The van der Waals surface area contributed by atoms with Gasteiger partial charge in [0.15, 0.2) is 0 Å².